The number of amides is 1. The predicted molar refractivity (Wildman–Crippen MR) is 91.1 cm³/mol. The Balaban J connectivity index is 1.48. The number of hydrogen-bond acceptors (Lipinski definition) is 2. The van der Waals surface area contributed by atoms with E-state index < -0.39 is 6.10 Å². The Labute approximate surface area is 137 Å². The summed E-state index contributed by atoms with van der Waals surface area (Å²) >= 11 is 0. The van der Waals surface area contributed by atoms with Gasteiger partial charge >= 0.3 is 0 Å². The molecule has 0 bridgehead atoms. The average Bonchev–Trinajstić information content (AvgIpc) is 2.60. The van der Waals surface area contributed by atoms with Crippen molar-refractivity contribution in [2.75, 3.05) is 6.54 Å². The second kappa shape index (κ2) is 7.42. The molecule has 23 heavy (non-hydrogen) atoms. The van der Waals surface area contributed by atoms with Crippen molar-refractivity contribution in [2.24, 2.45) is 5.92 Å². The average molecular weight is 309 g/mol. The highest BCUT2D eigenvalue weighted by Gasteiger charge is 2.24. The molecule has 0 aliphatic heterocycles. The van der Waals surface area contributed by atoms with Gasteiger partial charge in [0.15, 0.2) is 0 Å². The second-order valence-corrected chi connectivity index (χ2v) is 6.30. The molecule has 120 valence electrons. The van der Waals surface area contributed by atoms with Gasteiger partial charge in [-0.3, -0.25) is 4.79 Å². The van der Waals surface area contributed by atoms with Gasteiger partial charge in [0, 0.05) is 18.9 Å². The van der Waals surface area contributed by atoms with E-state index in [1.165, 1.54) is 11.1 Å². The van der Waals surface area contributed by atoms with Gasteiger partial charge in [-0.2, -0.15) is 0 Å². The number of aryl methyl sites for hydroxylation is 1. The van der Waals surface area contributed by atoms with Crippen molar-refractivity contribution in [3.05, 3.63) is 71.3 Å². The van der Waals surface area contributed by atoms with Gasteiger partial charge in [-0.1, -0.05) is 54.6 Å². The molecular weight excluding hydrogens is 286 g/mol. The minimum atomic E-state index is -0.544. The number of rotatable bonds is 5. The molecule has 0 spiro atoms. The number of hydrogen-bond donors (Lipinski definition) is 2. The number of carbonyl (C=O) groups excluding carboxylic acids is 1. The van der Waals surface area contributed by atoms with Crippen molar-refractivity contribution in [2.45, 2.75) is 31.8 Å². The third-order valence-corrected chi connectivity index (χ3v) is 4.54. The quantitative estimate of drug-likeness (QED) is 0.891. The van der Waals surface area contributed by atoms with Crippen LogP contribution in [0.15, 0.2) is 54.6 Å². The van der Waals surface area contributed by atoms with Crippen molar-refractivity contribution in [3.63, 3.8) is 0 Å². The molecule has 1 amide bonds. The summed E-state index contributed by atoms with van der Waals surface area (Å²) in [6.45, 7) is 0.311. The molecule has 0 heterocycles. The van der Waals surface area contributed by atoms with Crippen LogP contribution >= 0.6 is 0 Å². The molecule has 0 fully saturated rings. The Hall–Kier alpha value is -2.13. The highest BCUT2D eigenvalue weighted by molar-refractivity contribution is 5.79. The Morgan fingerprint density at radius 3 is 2.57 bits per heavy atom. The fourth-order valence-electron chi connectivity index (χ4n) is 3.24. The lowest BCUT2D eigenvalue weighted by Gasteiger charge is -2.24. The van der Waals surface area contributed by atoms with Crippen LogP contribution in [0.5, 0.6) is 0 Å². The maximum absolute atomic E-state index is 12.3. The molecule has 1 aliphatic rings. The van der Waals surface area contributed by atoms with Gasteiger partial charge in [-0.15, -0.1) is 0 Å². The minimum absolute atomic E-state index is 0.0221. The van der Waals surface area contributed by atoms with Crippen molar-refractivity contribution < 1.29 is 9.90 Å². The lowest BCUT2D eigenvalue weighted by molar-refractivity contribution is -0.125. The smallest absolute Gasteiger partial charge is 0.223 e. The van der Waals surface area contributed by atoms with Crippen LogP contribution in [0.3, 0.4) is 0 Å². The predicted octanol–water partition coefficient (Wildman–Crippen LogP) is 2.51. The van der Waals surface area contributed by atoms with E-state index in [9.17, 15) is 9.90 Å². The molecule has 0 saturated heterocycles. The summed E-state index contributed by atoms with van der Waals surface area (Å²) in [4.78, 5) is 12.3. The molecule has 0 radical (unpaired) electrons. The van der Waals surface area contributed by atoms with E-state index in [-0.39, 0.29) is 11.8 Å². The topological polar surface area (TPSA) is 49.3 Å². The van der Waals surface area contributed by atoms with Crippen molar-refractivity contribution in [3.8, 4) is 0 Å². The first-order chi connectivity index (χ1) is 11.2. The third-order valence-electron chi connectivity index (χ3n) is 4.54. The SMILES string of the molecule is O=C(NC[C@H](O)Cc1ccccc1)[C@H]1CCc2ccccc2C1. The number of aliphatic hydroxyl groups excluding tert-OH is 1. The van der Waals surface area contributed by atoms with Crippen LogP contribution in [0.1, 0.15) is 23.1 Å². The van der Waals surface area contributed by atoms with Gasteiger partial charge in [0.2, 0.25) is 5.91 Å². The number of nitrogens with one attached hydrogen (secondary N) is 1. The monoisotopic (exact) mass is 309 g/mol. The largest absolute Gasteiger partial charge is 0.391 e. The first-order valence-electron chi connectivity index (χ1n) is 8.29. The van der Waals surface area contributed by atoms with Gasteiger partial charge in [0.1, 0.15) is 0 Å². The van der Waals surface area contributed by atoms with Crippen LogP contribution < -0.4 is 5.32 Å². The zero-order valence-corrected chi connectivity index (χ0v) is 13.2. The Kier molecular flexibility index (Phi) is 5.09. The maximum atomic E-state index is 12.3. The molecule has 0 aromatic heterocycles. The third kappa shape index (κ3) is 4.20. The van der Waals surface area contributed by atoms with E-state index in [1.54, 1.807) is 0 Å². The summed E-state index contributed by atoms with van der Waals surface area (Å²) in [7, 11) is 0. The van der Waals surface area contributed by atoms with Crippen LogP contribution in [0.2, 0.25) is 0 Å². The van der Waals surface area contributed by atoms with Crippen molar-refractivity contribution >= 4 is 5.91 Å². The van der Waals surface area contributed by atoms with Crippen LogP contribution in [-0.2, 0) is 24.1 Å². The molecule has 2 aromatic carbocycles. The molecule has 1 aliphatic carbocycles. The first-order valence-corrected chi connectivity index (χ1v) is 8.29. The van der Waals surface area contributed by atoms with Crippen LogP contribution in [0, 0.1) is 5.92 Å². The highest BCUT2D eigenvalue weighted by atomic mass is 16.3. The van der Waals surface area contributed by atoms with E-state index in [0.717, 1.165) is 24.8 Å². The Morgan fingerprint density at radius 1 is 1.09 bits per heavy atom. The van der Waals surface area contributed by atoms with Crippen LogP contribution in [0.25, 0.3) is 0 Å². The number of fused-ring (bicyclic) bond motifs is 1. The van der Waals surface area contributed by atoms with Crippen LogP contribution in [-0.4, -0.2) is 23.7 Å². The summed E-state index contributed by atoms with van der Waals surface area (Å²) < 4.78 is 0. The molecule has 3 heteroatoms. The summed E-state index contributed by atoms with van der Waals surface area (Å²) in [5, 5.41) is 13.0. The lowest BCUT2D eigenvalue weighted by atomic mass is 9.83. The number of benzene rings is 2. The zero-order chi connectivity index (χ0) is 16.1. The normalized spacial score (nSPS) is 18.0. The van der Waals surface area contributed by atoms with Gasteiger partial charge in [-0.05, 0) is 36.0 Å². The zero-order valence-electron chi connectivity index (χ0n) is 13.2. The van der Waals surface area contributed by atoms with Gasteiger partial charge in [-0.25, -0.2) is 0 Å². The first kappa shape index (κ1) is 15.8. The molecule has 0 unspecified atom stereocenters. The number of aliphatic hydroxyl groups is 1. The molecule has 2 N–H and O–H groups in total. The highest BCUT2D eigenvalue weighted by Crippen LogP contribution is 2.25. The van der Waals surface area contributed by atoms with E-state index in [0.29, 0.717) is 13.0 Å². The van der Waals surface area contributed by atoms with Gasteiger partial charge in [0.05, 0.1) is 6.10 Å². The summed E-state index contributed by atoms with van der Waals surface area (Å²) in [6, 6.07) is 18.2. The Bertz CT molecular complexity index is 654. The van der Waals surface area contributed by atoms with Gasteiger partial charge in [0.25, 0.3) is 0 Å². The Morgan fingerprint density at radius 2 is 1.78 bits per heavy atom. The van der Waals surface area contributed by atoms with Crippen molar-refractivity contribution in [1.29, 1.82) is 0 Å². The van der Waals surface area contributed by atoms with Crippen LogP contribution in [0.4, 0.5) is 0 Å². The number of carbonyl (C=O) groups is 1. The van der Waals surface area contributed by atoms with Crippen molar-refractivity contribution in [1.82, 2.24) is 5.32 Å². The summed E-state index contributed by atoms with van der Waals surface area (Å²) in [5.74, 6) is 0.0837. The summed E-state index contributed by atoms with van der Waals surface area (Å²) in [5.41, 5.74) is 3.73. The van der Waals surface area contributed by atoms with E-state index in [4.69, 9.17) is 0 Å². The summed E-state index contributed by atoms with van der Waals surface area (Å²) in [6.07, 6.45) is 2.67. The molecule has 2 aromatic rings. The molecular formula is C20H23NO2. The standard InChI is InChI=1S/C20H23NO2/c22-19(12-15-6-2-1-3-7-15)14-21-20(23)18-11-10-16-8-4-5-9-17(16)13-18/h1-9,18-19,22H,10-14H2,(H,21,23)/t18-,19+/m0/s1. The van der Waals surface area contributed by atoms with E-state index >= 15 is 0 Å². The molecule has 3 rings (SSSR count). The minimum Gasteiger partial charge on any atom is -0.391 e. The van der Waals surface area contributed by atoms with Gasteiger partial charge < -0.3 is 10.4 Å². The second-order valence-electron chi connectivity index (χ2n) is 6.30. The van der Waals surface area contributed by atoms with E-state index in [1.807, 2.05) is 36.4 Å². The molecule has 0 saturated carbocycles. The maximum Gasteiger partial charge on any atom is 0.223 e. The molecule has 3 nitrogen and oxygen atoms in total. The molecule has 2 atom stereocenters. The fourth-order valence-corrected chi connectivity index (χ4v) is 3.24. The lowest BCUT2D eigenvalue weighted by Crippen LogP contribution is -2.39. The fraction of sp³-hybridized carbons (Fsp3) is 0.350. The van der Waals surface area contributed by atoms with E-state index in [2.05, 4.69) is 23.5 Å².